The van der Waals surface area contributed by atoms with Gasteiger partial charge in [0.05, 0.1) is 4.90 Å². The summed E-state index contributed by atoms with van der Waals surface area (Å²) in [6.07, 6.45) is 1.64. The van der Waals surface area contributed by atoms with Gasteiger partial charge in [0, 0.05) is 29.8 Å². The zero-order valence-corrected chi connectivity index (χ0v) is 20.3. The van der Waals surface area contributed by atoms with E-state index in [1.165, 1.54) is 12.1 Å². The van der Waals surface area contributed by atoms with E-state index >= 15 is 0 Å². The minimum absolute atomic E-state index is 0.0302. The molecule has 0 radical (unpaired) electrons. The highest BCUT2D eigenvalue weighted by Crippen LogP contribution is 2.23. The molecule has 7 nitrogen and oxygen atoms in total. The molecule has 33 heavy (non-hydrogen) atoms. The van der Waals surface area contributed by atoms with E-state index in [4.69, 9.17) is 0 Å². The Labute approximate surface area is 201 Å². The Morgan fingerprint density at radius 1 is 0.939 bits per heavy atom. The number of carbonyl (C=O) groups excluding carboxylic acids is 1. The third-order valence-electron chi connectivity index (χ3n) is 4.94. The van der Waals surface area contributed by atoms with Crippen LogP contribution in [0.1, 0.15) is 11.1 Å². The minimum Gasteiger partial charge on any atom is -0.378 e. The van der Waals surface area contributed by atoms with Crippen LogP contribution in [0.2, 0.25) is 0 Å². The second-order valence-electron chi connectivity index (χ2n) is 7.51. The highest BCUT2D eigenvalue weighted by atomic mass is 79.9. The Morgan fingerprint density at radius 3 is 2.18 bits per heavy atom. The number of hydrogen-bond acceptors (Lipinski definition) is 5. The van der Waals surface area contributed by atoms with E-state index in [9.17, 15) is 13.2 Å². The van der Waals surface area contributed by atoms with E-state index in [0.29, 0.717) is 5.56 Å². The average molecular weight is 525 g/mol. The van der Waals surface area contributed by atoms with Crippen molar-refractivity contribution in [3.05, 3.63) is 100 Å². The van der Waals surface area contributed by atoms with Crippen LogP contribution in [0.15, 0.2) is 98.9 Å². The van der Waals surface area contributed by atoms with Gasteiger partial charge >= 0.3 is 0 Å². The molecule has 0 fully saturated rings. The molecule has 1 amide bonds. The van der Waals surface area contributed by atoms with Gasteiger partial charge in [-0.05, 0) is 48.0 Å². The van der Waals surface area contributed by atoms with Crippen LogP contribution in [0.4, 0.5) is 5.69 Å². The van der Waals surface area contributed by atoms with E-state index in [1.54, 1.807) is 42.5 Å². The monoisotopic (exact) mass is 524 g/mol. The van der Waals surface area contributed by atoms with Crippen LogP contribution in [0.3, 0.4) is 0 Å². The van der Waals surface area contributed by atoms with Crippen molar-refractivity contribution in [2.45, 2.75) is 4.90 Å². The lowest BCUT2D eigenvalue weighted by molar-refractivity contribution is -0.123. The molecule has 0 bridgehead atoms. The summed E-state index contributed by atoms with van der Waals surface area (Å²) in [5, 5.41) is 0.979. The average Bonchev–Trinajstić information content (AvgIpc) is 3.09. The number of hydrazine groups is 1. The van der Waals surface area contributed by atoms with Crippen molar-refractivity contribution in [3.63, 3.8) is 0 Å². The predicted octanol–water partition coefficient (Wildman–Crippen LogP) is 4.04. The Morgan fingerprint density at radius 2 is 1.58 bits per heavy atom. The van der Waals surface area contributed by atoms with Crippen LogP contribution in [0, 0.1) is 0 Å². The molecule has 1 aliphatic rings. The zero-order chi connectivity index (χ0) is 23.6. The number of benzene rings is 3. The number of sulfonamides is 1. The van der Waals surface area contributed by atoms with Crippen molar-refractivity contribution in [2.75, 3.05) is 19.0 Å². The molecule has 1 heterocycles. The fourth-order valence-electron chi connectivity index (χ4n) is 3.20. The SMILES string of the molecule is CN(C)c1ccc(C=C2N=C(c3ccccc3)N(NS(=O)(=O)c3ccc(Br)cc3)C2=O)cc1. The van der Waals surface area contributed by atoms with Crippen molar-refractivity contribution in [2.24, 2.45) is 4.99 Å². The van der Waals surface area contributed by atoms with Crippen molar-refractivity contribution in [1.82, 2.24) is 9.84 Å². The summed E-state index contributed by atoms with van der Waals surface area (Å²) < 4.78 is 26.7. The molecule has 0 saturated heterocycles. The fourth-order valence-corrected chi connectivity index (χ4v) is 4.47. The Hall–Kier alpha value is -3.27. The van der Waals surface area contributed by atoms with E-state index in [-0.39, 0.29) is 16.4 Å². The first-order valence-electron chi connectivity index (χ1n) is 10.0. The zero-order valence-electron chi connectivity index (χ0n) is 17.9. The van der Waals surface area contributed by atoms with Gasteiger partial charge < -0.3 is 4.90 Å². The summed E-state index contributed by atoms with van der Waals surface area (Å²) in [6.45, 7) is 0. The maximum absolute atomic E-state index is 13.2. The molecule has 3 aromatic carbocycles. The highest BCUT2D eigenvalue weighted by molar-refractivity contribution is 9.10. The standard InChI is InChI=1S/C24H21BrN4O3S/c1-28(2)20-12-8-17(9-13-20)16-22-24(30)29(23(26-22)18-6-4-3-5-7-18)27-33(31,32)21-14-10-19(25)11-15-21/h3-16,27H,1-2H3. The normalized spacial score (nSPS) is 15.1. The number of nitrogens with one attached hydrogen (secondary N) is 1. The molecule has 9 heteroatoms. The molecule has 3 aromatic rings. The number of amides is 1. The summed E-state index contributed by atoms with van der Waals surface area (Å²) in [4.78, 5) is 22.1. The lowest BCUT2D eigenvalue weighted by Crippen LogP contribution is -2.47. The number of carbonyl (C=O) groups is 1. The van der Waals surface area contributed by atoms with Gasteiger partial charge in [-0.3, -0.25) is 4.79 Å². The van der Waals surface area contributed by atoms with E-state index in [0.717, 1.165) is 20.7 Å². The molecule has 1 aliphatic heterocycles. The number of rotatable bonds is 6. The van der Waals surface area contributed by atoms with Gasteiger partial charge in [-0.1, -0.05) is 58.4 Å². The van der Waals surface area contributed by atoms with Crippen LogP contribution in [0.25, 0.3) is 6.08 Å². The quantitative estimate of drug-likeness (QED) is 0.493. The molecule has 0 aromatic heterocycles. The number of nitrogens with zero attached hydrogens (tertiary/aromatic N) is 3. The number of anilines is 1. The first-order chi connectivity index (χ1) is 15.7. The summed E-state index contributed by atoms with van der Waals surface area (Å²) in [7, 11) is -0.137. The van der Waals surface area contributed by atoms with Gasteiger partial charge in [0.1, 0.15) is 5.70 Å². The Kier molecular flexibility index (Phi) is 6.46. The molecule has 0 aliphatic carbocycles. The van der Waals surface area contributed by atoms with E-state index in [2.05, 4.69) is 25.8 Å². The van der Waals surface area contributed by atoms with Crippen molar-refractivity contribution in [1.29, 1.82) is 0 Å². The largest absolute Gasteiger partial charge is 0.378 e. The van der Waals surface area contributed by atoms with Crippen molar-refractivity contribution >= 4 is 49.5 Å². The Bertz CT molecular complexity index is 1330. The number of aliphatic imine (C=N–C) groups is 1. The summed E-state index contributed by atoms with van der Waals surface area (Å²) >= 11 is 3.29. The molecule has 0 unspecified atom stereocenters. The lowest BCUT2D eigenvalue weighted by Gasteiger charge is -2.19. The fraction of sp³-hybridized carbons (Fsp3) is 0.0833. The predicted molar refractivity (Wildman–Crippen MR) is 133 cm³/mol. The molecule has 0 spiro atoms. The summed E-state index contributed by atoms with van der Waals surface area (Å²) in [5.41, 5.74) is 2.53. The van der Waals surface area contributed by atoms with Crippen LogP contribution < -0.4 is 9.73 Å². The van der Waals surface area contributed by atoms with Crippen molar-refractivity contribution in [3.8, 4) is 0 Å². The highest BCUT2D eigenvalue weighted by Gasteiger charge is 2.34. The van der Waals surface area contributed by atoms with Crippen LogP contribution in [0.5, 0.6) is 0 Å². The van der Waals surface area contributed by atoms with E-state index < -0.39 is 15.9 Å². The second kappa shape index (κ2) is 9.30. The van der Waals surface area contributed by atoms with Gasteiger partial charge in [-0.15, -0.1) is 4.83 Å². The number of hydrogen-bond donors (Lipinski definition) is 1. The molecular weight excluding hydrogens is 504 g/mol. The van der Waals surface area contributed by atoms with Crippen molar-refractivity contribution < 1.29 is 13.2 Å². The Balaban J connectivity index is 1.71. The van der Waals surface area contributed by atoms with Gasteiger partial charge in [0.15, 0.2) is 5.84 Å². The molecule has 0 atom stereocenters. The van der Waals surface area contributed by atoms with Gasteiger partial charge in [-0.25, -0.2) is 18.4 Å². The molecular formula is C24H21BrN4O3S. The third-order valence-corrected chi connectivity index (χ3v) is 6.78. The molecule has 0 saturated carbocycles. The van der Waals surface area contributed by atoms with Crippen LogP contribution in [-0.2, 0) is 14.8 Å². The lowest BCUT2D eigenvalue weighted by atomic mass is 10.1. The minimum atomic E-state index is -4.03. The third kappa shape index (κ3) is 5.05. The smallest absolute Gasteiger partial charge is 0.293 e. The first-order valence-corrected chi connectivity index (χ1v) is 12.3. The van der Waals surface area contributed by atoms with Gasteiger partial charge in [-0.2, -0.15) is 0 Å². The maximum atomic E-state index is 13.2. The van der Waals surface area contributed by atoms with Crippen LogP contribution in [-0.4, -0.2) is 39.3 Å². The summed E-state index contributed by atoms with van der Waals surface area (Å²) in [5.74, 6) is -0.358. The molecule has 168 valence electrons. The van der Waals surface area contributed by atoms with Gasteiger partial charge in [0.2, 0.25) is 0 Å². The summed E-state index contributed by atoms with van der Waals surface area (Å²) in [6, 6.07) is 22.7. The topological polar surface area (TPSA) is 82.1 Å². The number of amidine groups is 1. The van der Waals surface area contributed by atoms with E-state index in [1.807, 2.05) is 49.3 Å². The first kappa shape index (κ1) is 22.9. The molecule has 4 rings (SSSR count). The number of halogens is 1. The van der Waals surface area contributed by atoms with Crippen LogP contribution >= 0.6 is 15.9 Å². The van der Waals surface area contributed by atoms with Gasteiger partial charge in [0.25, 0.3) is 15.9 Å². The molecule has 1 N–H and O–H groups in total. The second-order valence-corrected chi connectivity index (χ2v) is 10.1. The maximum Gasteiger partial charge on any atom is 0.293 e.